The molecule has 0 aromatic carbocycles. The Morgan fingerprint density at radius 2 is 2.16 bits per heavy atom. The molecule has 19 heavy (non-hydrogen) atoms. The summed E-state index contributed by atoms with van der Waals surface area (Å²) in [7, 11) is 0. The van der Waals surface area contributed by atoms with Crippen LogP contribution in [0.3, 0.4) is 0 Å². The van der Waals surface area contributed by atoms with Gasteiger partial charge in [-0.15, -0.1) is 0 Å². The topological polar surface area (TPSA) is 90.6 Å². The largest absolute Gasteiger partial charge is 0.393 e. The molecular formula is C10H13FN2O4S2. The summed E-state index contributed by atoms with van der Waals surface area (Å²) in [6.45, 7) is -1.89. The van der Waals surface area contributed by atoms with Crippen molar-refractivity contribution in [2.75, 3.05) is 13.3 Å². The van der Waals surface area contributed by atoms with E-state index in [4.69, 9.17) is 29.2 Å². The van der Waals surface area contributed by atoms with Gasteiger partial charge in [0.1, 0.15) is 23.5 Å². The first-order valence-corrected chi connectivity index (χ1v) is 6.29. The second-order valence-corrected chi connectivity index (χ2v) is 5.14. The lowest BCUT2D eigenvalue weighted by Crippen LogP contribution is -2.48. The number of nitrogens with one attached hydrogen (secondary N) is 1. The number of aromatic amines is 1. The second-order valence-electron chi connectivity index (χ2n) is 4.32. The van der Waals surface area contributed by atoms with Crippen molar-refractivity contribution in [3.8, 4) is 0 Å². The van der Waals surface area contributed by atoms with E-state index in [1.165, 1.54) is 16.8 Å². The molecule has 4 atom stereocenters. The third kappa shape index (κ3) is 2.37. The van der Waals surface area contributed by atoms with Crippen LogP contribution in [0.1, 0.15) is 6.23 Å². The number of aliphatic hydroxyl groups is 3. The predicted octanol–water partition coefficient (Wildman–Crippen LogP) is 0.226. The standard InChI is InChI=1S/C10H13FN2O4S2/c11-3-10(4-14)7(16)6(15)8(17-10)13-2-1-5(18)12-9(13)19/h1-2,6-8,14-16H,3-4H2,(H,12,18,19)/t6-,7?,8+,10+/m0/s1. The number of rotatable bonds is 3. The highest BCUT2D eigenvalue weighted by Gasteiger charge is 2.54. The Kier molecular flexibility index (Phi) is 4.14. The first-order valence-electron chi connectivity index (χ1n) is 5.47. The minimum Gasteiger partial charge on any atom is -0.393 e. The molecule has 1 aromatic rings. The van der Waals surface area contributed by atoms with Gasteiger partial charge in [0.05, 0.1) is 6.61 Å². The Labute approximate surface area is 118 Å². The molecule has 1 unspecified atom stereocenters. The summed E-state index contributed by atoms with van der Waals surface area (Å²) in [5.74, 6) is 0. The first kappa shape index (κ1) is 14.7. The van der Waals surface area contributed by atoms with E-state index < -0.39 is 37.3 Å². The van der Waals surface area contributed by atoms with Gasteiger partial charge in [0, 0.05) is 6.20 Å². The van der Waals surface area contributed by atoms with Crippen molar-refractivity contribution in [3.63, 3.8) is 0 Å². The Balaban J connectivity index is 2.42. The molecule has 0 bridgehead atoms. The van der Waals surface area contributed by atoms with Crippen molar-refractivity contribution >= 4 is 24.4 Å². The van der Waals surface area contributed by atoms with E-state index in [2.05, 4.69) is 4.98 Å². The van der Waals surface area contributed by atoms with Crippen LogP contribution in [0, 0.1) is 9.41 Å². The monoisotopic (exact) mass is 308 g/mol. The van der Waals surface area contributed by atoms with Gasteiger partial charge in [-0.2, -0.15) is 0 Å². The van der Waals surface area contributed by atoms with Gasteiger partial charge in [0.2, 0.25) is 0 Å². The SMILES string of the molecule is OC[C@@]1(CF)O[C@@H](n2ccc(=S)[nH]c2=S)[C@@H](O)C1O. The van der Waals surface area contributed by atoms with Gasteiger partial charge < -0.3 is 25.0 Å². The molecule has 0 radical (unpaired) electrons. The number of hydrogen-bond acceptors (Lipinski definition) is 6. The number of ether oxygens (including phenoxy) is 1. The third-order valence-corrected chi connectivity index (χ3v) is 3.68. The Hall–Kier alpha value is -0.710. The van der Waals surface area contributed by atoms with Gasteiger partial charge in [-0.3, -0.25) is 4.57 Å². The minimum atomic E-state index is -1.84. The van der Waals surface area contributed by atoms with Crippen LogP contribution in [0.5, 0.6) is 0 Å². The molecule has 4 N–H and O–H groups in total. The molecule has 1 fully saturated rings. The van der Waals surface area contributed by atoms with Crippen LogP contribution in [0.4, 0.5) is 4.39 Å². The summed E-state index contributed by atoms with van der Waals surface area (Å²) in [5, 5.41) is 29.0. The Morgan fingerprint density at radius 3 is 2.63 bits per heavy atom. The number of aliphatic hydroxyl groups excluding tert-OH is 3. The molecule has 1 saturated heterocycles. The van der Waals surface area contributed by atoms with Gasteiger partial charge in [-0.1, -0.05) is 12.2 Å². The lowest BCUT2D eigenvalue weighted by atomic mass is 9.98. The van der Waals surface area contributed by atoms with Gasteiger partial charge in [-0.05, 0) is 18.3 Å². The maximum atomic E-state index is 13.0. The third-order valence-electron chi connectivity index (χ3n) is 3.13. The van der Waals surface area contributed by atoms with Gasteiger partial charge in [-0.25, -0.2) is 4.39 Å². The van der Waals surface area contributed by atoms with Gasteiger partial charge in [0.15, 0.2) is 16.6 Å². The Bertz CT molecular complexity index is 571. The van der Waals surface area contributed by atoms with E-state index in [0.29, 0.717) is 4.64 Å². The highest BCUT2D eigenvalue weighted by Crippen LogP contribution is 2.37. The number of H-pyrrole nitrogens is 1. The molecule has 2 heterocycles. The summed E-state index contributed by atoms with van der Waals surface area (Å²) in [6.07, 6.45) is -2.61. The van der Waals surface area contributed by atoms with E-state index in [9.17, 15) is 19.7 Å². The zero-order chi connectivity index (χ0) is 14.2. The Morgan fingerprint density at radius 1 is 1.47 bits per heavy atom. The fourth-order valence-corrected chi connectivity index (χ4v) is 2.48. The molecule has 6 nitrogen and oxygen atoms in total. The molecule has 1 aromatic heterocycles. The fourth-order valence-electron chi connectivity index (χ4n) is 1.98. The predicted molar refractivity (Wildman–Crippen MR) is 68.4 cm³/mol. The van der Waals surface area contributed by atoms with Crippen LogP contribution in [0.15, 0.2) is 12.3 Å². The van der Waals surface area contributed by atoms with Crippen LogP contribution in [0.25, 0.3) is 0 Å². The van der Waals surface area contributed by atoms with Crippen LogP contribution < -0.4 is 0 Å². The van der Waals surface area contributed by atoms with Crippen molar-refractivity contribution in [3.05, 3.63) is 21.7 Å². The van der Waals surface area contributed by atoms with E-state index >= 15 is 0 Å². The molecule has 2 rings (SSSR count). The average Bonchev–Trinajstić information content (AvgIpc) is 2.64. The number of aromatic nitrogens is 2. The number of nitrogens with zero attached hydrogens (tertiary/aromatic N) is 1. The molecule has 0 aliphatic carbocycles. The van der Waals surface area contributed by atoms with Crippen molar-refractivity contribution in [1.82, 2.24) is 9.55 Å². The highest BCUT2D eigenvalue weighted by molar-refractivity contribution is 7.72. The summed E-state index contributed by atoms with van der Waals surface area (Å²) in [4.78, 5) is 2.68. The summed E-state index contributed by atoms with van der Waals surface area (Å²) >= 11 is 9.92. The molecule has 0 amide bonds. The maximum absolute atomic E-state index is 13.0. The van der Waals surface area contributed by atoms with E-state index in [1.54, 1.807) is 0 Å². The fraction of sp³-hybridized carbons (Fsp3) is 0.600. The van der Waals surface area contributed by atoms with E-state index in [0.717, 1.165) is 0 Å². The number of hydrogen-bond donors (Lipinski definition) is 4. The van der Waals surface area contributed by atoms with Crippen molar-refractivity contribution in [2.45, 2.75) is 24.0 Å². The minimum absolute atomic E-state index is 0.163. The highest BCUT2D eigenvalue weighted by atomic mass is 32.1. The lowest BCUT2D eigenvalue weighted by molar-refractivity contribution is -0.138. The molecule has 106 valence electrons. The van der Waals surface area contributed by atoms with Crippen LogP contribution in [-0.2, 0) is 4.74 Å². The van der Waals surface area contributed by atoms with E-state index in [1.807, 2.05) is 0 Å². The first-order chi connectivity index (χ1) is 8.95. The molecule has 0 saturated carbocycles. The smallest absolute Gasteiger partial charge is 0.180 e. The van der Waals surface area contributed by atoms with Crippen LogP contribution >= 0.6 is 24.4 Å². The van der Waals surface area contributed by atoms with E-state index in [-0.39, 0.29) is 4.77 Å². The average molecular weight is 308 g/mol. The van der Waals surface area contributed by atoms with Crippen molar-refractivity contribution in [1.29, 1.82) is 0 Å². The summed E-state index contributed by atoms with van der Waals surface area (Å²) in [6, 6.07) is 1.52. The zero-order valence-corrected chi connectivity index (χ0v) is 11.3. The summed E-state index contributed by atoms with van der Waals surface area (Å²) < 4.78 is 20.2. The van der Waals surface area contributed by atoms with Crippen LogP contribution in [0.2, 0.25) is 0 Å². The molecule has 1 aliphatic rings. The molecule has 9 heteroatoms. The molecule has 1 aliphatic heterocycles. The number of halogens is 1. The molecular weight excluding hydrogens is 295 g/mol. The normalized spacial score (nSPS) is 34.6. The quantitative estimate of drug-likeness (QED) is 0.598. The van der Waals surface area contributed by atoms with Crippen molar-refractivity contribution in [2.24, 2.45) is 0 Å². The number of alkyl halides is 1. The molecule has 0 spiro atoms. The zero-order valence-electron chi connectivity index (χ0n) is 9.69. The second kappa shape index (κ2) is 5.35. The lowest BCUT2D eigenvalue weighted by Gasteiger charge is -2.26. The van der Waals surface area contributed by atoms with Crippen molar-refractivity contribution < 1.29 is 24.4 Å². The van der Waals surface area contributed by atoms with Gasteiger partial charge >= 0.3 is 0 Å². The van der Waals surface area contributed by atoms with Crippen LogP contribution in [-0.4, -0.2) is 56.0 Å². The maximum Gasteiger partial charge on any atom is 0.180 e. The van der Waals surface area contributed by atoms with Gasteiger partial charge in [0.25, 0.3) is 0 Å². The summed E-state index contributed by atoms with van der Waals surface area (Å²) in [5.41, 5.74) is -1.84.